The zero-order chi connectivity index (χ0) is 13.0. The molecule has 0 unspecified atom stereocenters. The Morgan fingerprint density at radius 2 is 1.94 bits per heavy atom. The van der Waals surface area contributed by atoms with Crippen molar-refractivity contribution in [3.63, 3.8) is 0 Å². The van der Waals surface area contributed by atoms with Crippen LogP contribution in [-0.2, 0) is 0 Å². The Morgan fingerprint density at radius 1 is 1.22 bits per heavy atom. The van der Waals surface area contributed by atoms with Crippen molar-refractivity contribution in [3.8, 4) is 6.01 Å². The zero-order valence-corrected chi connectivity index (χ0v) is 11.3. The largest absolute Gasteiger partial charge is 0.464 e. The van der Waals surface area contributed by atoms with Crippen molar-refractivity contribution in [3.05, 3.63) is 5.28 Å². The van der Waals surface area contributed by atoms with Crippen LogP contribution in [0.25, 0.3) is 0 Å². The summed E-state index contributed by atoms with van der Waals surface area (Å²) >= 11 is 5.82. The van der Waals surface area contributed by atoms with Crippen molar-refractivity contribution in [2.45, 2.75) is 6.92 Å². The fourth-order valence-electron chi connectivity index (χ4n) is 1.64. The Morgan fingerprint density at radius 3 is 2.61 bits per heavy atom. The molecule has 18 heavy (non-hydrogen) atoms. The van der Waals surface area contributed by atoms with Gasteiger partial charge in [-0.15, -0.1) is 0 Å². The molecule has 1 aromatic rings. The van der Waals surface area contributed by atoms with Crippen LogP contribution in [0.5, 0.6) is 6.01 Å². The summed E-state index contributed by atoms with van der Waals surface area (Å²) in [5, 5.41) is 2.19. The molecule has 1 aliphatic heterocycles. The lowest BCUT2D eigenvalue weighted by atomic mass is 10.4. The van der Waals surface area contributed by atoms with E-state index in [-0.39, 0.29) is 11.3 Å². The minimum atomic E-state index is 0.130. The van der Waals surface area contributed by atoms with Gasteiger partial charge in [0.15, 0.2) is 0 Å². The number of aromatic nitrogens is 3. The topological polar surface area (TPSA) is 66.4 Å². The Hall–Kier alpha value is -1.18. The van der Waals surface area contributed by atoms with Crippen molar-refractivity contribution in [1.29, 1.82) is 0 Å². The predicted molar refractivity (Wildman–Crippen MR) is 68.7 cm³/mol. The van der Waals surface area contributed by atoms with Gasteiger partial charge in [-0.3, -0.25) is 5.43 Å². The van der Waals surface area contributed by atoms with Gasteiger partial charge in [-0.2, -0.15) is 15.0 Å². The molecule has 0 amide bonds. The molecule has 1 fully saturated rings. The number of anilines is 1. The van der Waals surface area contributed by atoms with Gasteiger partial charge in [0.05, 0.1) is 6.61 Å². The monoisotopic (exact) mass is 272 g/mol. The third-order valence-electron chi connectivity index (χ3n) is 2.62. The van der Waals surface area contributed by atoms with E-state index in [1.165, 1.54) is 0 Å². The average molecular weight is 273 g/mol. The lowest BCUT2D eigenvalue weighted by molar-refractivity contribution is 0.177. The number of piperazine rings is 1. The quantitative estimate of drug-likeness (QED) is 0.856. The first-order valence-corrected chi connectivity index (χ1v) is 6.29. The van der Waals surface area contributed by atoms with Gasteiger partial charge in [-0.25, -0.2) is 5.01 Å². The van der Waals surface area contributed by atoms with Crippen LogP contribution in [0.3, 0.4) is 0 Å². The molecule has 7 nitrogen and oxygen atoms in total. The average Bonchev–Trinajstić information content (AvgIpc) is 2.32. The van der Waals surface area contributed by atoms with Crippen molar-refractivity contribution < 1.29 is 4.74 Å². The zero-order valence-electron chi connectivity index (χ0n) is 10.6. The number of ether oxygens (including phenoxy) is 1. The molecule has 1 N–H and O–H groups in total. The Kier molecular flexibility index (Phi) is 4.51. The molecule has 0 bridgehead atoms. The van der Waals surface area contributed by atoms with Crippen molar-refractivity contribution in [2.24, 2.45) is 0 Å². The number of hydrazine groups is 1. The molecule has 0 radical (unpaired) electrons. The third-order valence-corrected chi connectivity index (χ3v) is 2.79. The molecule has 1 aromatic heterocycles. The second-order valence-electron chi connectivity index (χ2n) is 4.05. The lowest BCUT2D eigenvalue weighted by Gasteiger charge is -2.32. The lowest BCUT2D eigenvalue weighted by Crippen LogP contribution is -2.47. The second-order valence-corrected chi connectivity index (χ2v) is 4.38. The van der Waals surface area contributed by atoms with Gasteiger partial charge in [-0.1, -0.05) is 0 Å². The van der Waals surface area contributed by atoms with E-state index >= 15 is 0 Å². The molecular formula is C10H17ClN6O. The minimum absolute atomic E-state index is 0.130. The summed E-state index contributed by atoms with van der Waals surface area (Å²) in [5.41, 5.74) is 3.12. The van der Waals surface area contributed by atoms with Gasteiger partial charge >= 0.3 is 6.01 Å². The van der Waals surface area contributed by atoms with E-state index in [0.717, 1.165) is 26.2 Å². The van der Waals surface area contributed by atoms with E-state index in [9.17, 15) is 0 Å². The van der Waals surface area contributed by atoms with Crippen LogP contribution in [0.15, 0.2) is 0 Å². The summed E-state index contributed by atoms with van der Waals surface area (Å²) in [4.78, 5) is 14.3. The molecule has 0 saturated carbocycles. The number of hydrogen-bond acceptors (Lipinski definition) is 7. The van der Waals surface area contributed by atoms with E-state index in [1.807, 2.05) is 6.92 Å². The fraction of sp³-hybridized carbons (Fsp3) is 0.700. The van der Waals surface area contributed by atoms with E-state index < -0.39 is 0 Å². The highest BCUT2D eigenvalue weighted by Gasteiger charge is 2.15. The van der Waals surface area contributed by atoms with Crippen molar-refractivity contribution in [1.82, 2.24) is 24.9 Å². The van der Waals surface area contributed by atoms with Gasteiger partial charge in [0, 0.05) is 26.2 Å². The first kappa shape index (κ1) is 13.3. The van der Waals surface area contributed by atoms with E-state index in [4.69, 9.17) is 16.3 Å². The van der Waals surface area contributed by atoms with E-state index in [1.54, 1.807) is 0 Å². The maximum absolute atomic E-state index is 5.82. The highest BCUT2D eigenvalue weighted by atomic mass is 35.5. The van der Waals surface area contributed by atoms with Crippen molar-refractivity contribution >= 4 is 17.5 Å². The molecule has 8 heteroatoms. The van der Waals surface area contributed by atoms with Crippen LogP contribution in [-0.4, -0.2) is 64.7 Å². The standard InChI is InChI=1S/C10H17ClN6O/c1-3-18-10-13-8(11)12-9(14-10)15-17-6-4-16(2)5-7-17/h3-7H2,1-2H3,(H,12,13,14,15). The highest BCUT2D eigenvalue weighted by molar-refractivity contribution is 6.28. The summed E-state index contributed by atoms with van der Waals surface area (Å²) in [5.74, 6) is 0.419. The van der Waals surface area contributed by atoms with Gasteiger partial charge < -0.3 is 9.64 Å². The molecule has 0 aromatic carbocycles. The van der Waals surface area contributed by atoms with Crippen LogP contribution in [0.4, 0.5) is 5.95 Å². The Bertz CT molecular complexity index is 396. The summed E-state index contributed by atoms with van der Waals surface area (Å²) in [7, 11) is 2.10. The Labute approximate surface area is 111 Å². The van der Waals surface area contributed by atoms with Crippen LogP contribution < -0.4 is 10.2 Å². The molecule has 1 aliphatic rings. The molecular weight excluding hydrogens is 256 g/mol. The first-order valence-electron chi connectivity index (χ1n) is 5.92. The third kappa shape index (κ3) is 3.66. The summed E-state index contributed by atoms with van der Waals surface area (Å²) in [6.07, 6.45) is 0. The number of rotatable bonds is 4. The molecule has 2 rings (SSSR count). The van der Waals surface area contributed by atoms with Gasteiger partial charge in [-0.05, 0) is 25.6 Å². The van der Waals surface area contributed by atoms with Crippen LogP contribution in [0.2, 0.25) is 5.28 Å². The maximum Gasteiger partial charge on any atom is 0.322 e. The minimum Gasteiger partial charge on any atom is -0.464 e. The Balaban J connectivity index is 2.00. The molecule has 1 saturated heterocycles. The van der Waals surface area contributed by atoms with E-state index in [2.05, 4.69) is 37.3 Å². The second kappa shape index (κ2) is 6.12. The maximum atomic E-state index is 5.82. The first-order chi connectivity index (χ1) is 8.67. The number of halogens is 1. The van der Waals surface area contributed by atoms with Gasteiger partial charge in [0.25, 0.3) is 0 Å². The number of nitrogens with one attached hydrogen (secondary N) is 1. The normalized spacial score (nSPS) is 17.7. The summed E-state index contributed by atoms with van der Waals surface area (Å²) in [6.45, 7) is 6.18. The SMILES string of the molecule is CCOc1nc(Cl)nc(NN2CCN(C)CC2)n1. The summed E-state index contributed by atoms with van der Waals surface area (Å²) < 4.78 is 5.22. The molecule has 2 heterocycles. The molecule has 0 aliphatic carbocycles. The molecule has 0 spiro atoms. The summed E-state index contributed by atoms with van der Waals surface area (Å²) in [6, 6.07) is 0.245. The van der Waals surface area contributed by atoms with Gasteiger partial charge in [0.1, 0.15) is 0 Å². The number of likely N-dealkylation sites (N-methyl/N-ethyl adjacent to an activating group) is 1. The van der Waals surface area contributed by atoms with Gasteiger partial charge in [0.2, 0.25) is 11.2 Å². The smallest absolute Gasteiger partial charge is 0.322 e. The van der Waals surface area contributed by atoms with E-state index in [0.29, 0.717) is 12.6 Å². The van der Waals surface area contributed by atoms with Crippen molar-refractivity contribution in [2.75, 3.05) is 45.3 Å². The molecule has 0 atom stereocenters. The van der Waals surface area contributed by atoms with Crippen LogP contribution in [0, 0.1) is 0 Å². The number of hydrogen-bond donors (Lipinski definition) is 1. The number of nitrogens with zero attached hydrogens (tertiary/aromatic N) is 5. The fourth-order valence-corrected chi connectivity index (χ4v) is 1.79. The highest BCUT2D eigenvalue weighted by Crippen LogP contribution is 2.12. The van der Waals surface area contributed by atoms with Crippen LogP contribution >= 0.6 is 11.6 Å². The van der Waals surface area contributed by atoms with Crippen LogP contribution in [0.1, 0.15) is 6.92 Å². The molecule has 100 valence electrons. The predicted octanol–water partition coefficient (Wildman–Crippen LogP) is 0.498.